The predicted octanol–water partition coefficient (Wildman–Crippen LogP) is 3.11. The molecular weight excluding hydrogens is 324 g/mol. The average Bonchev–Trinajstić information content (AvgIpc) is 3.17. The van der Waals surface area contributed by atoms with Crippen molar-refractivity contribution < 1.29 is 9.53 Å². The molecule has 0 unspecified atom stereocenters. The zero-order chi connectivity index (χ0) is 17.1. The van der Waals surface area contributed by atoms with Crippen LogP contribution in [-0.4, -0.2) is 40.9 Å². The van der Waals surface area contributed by atoms with Crippen LogP contribution in [0.4, 0.5) is 5.13 Å². The lowest BCUT2D eigenvalue weighted by Gasteiger charge is -2.19. The van der Waals surface area contributed by atoms with Crippen molar-refractivity contribution in [3.63, 3.8) is 0 Å². The molecule has 126 valence electrons. The summed E-state index contributed by atoms with van der Waals surface area (Å²) in [4.78, 5) is 19.4. The van der Waals surface area contributed by atoms with Gasteiger partial charge in [-0.15, -0.1) is 0 Å². The number of nitrogens with zero attached hydrogens (tertiary/aromatic N) is 4. The topological polar surface area (TPSA) is 60.2 Å². The Hall–Kier alpha value is -2.25. The van der Waals surface area contributed by atoms with E-state index in [-0.39, 0.29) is 5.91 Å². The standard InChI is InChI=1S/C17H20N4O2S/c1-4-21-14(11-12(2)19-21)16(22)20(9-10-23-3)17-18-13-7-5-6-8-15(13)24-17/h5-8,11H,4,9-10H2,1-3H3. The van der Waals surface area contributed by atoms with Gasteiger partial charge in [-0.1, -0.05) is 23.5 Å². The number of anilines is 1. The molecule has 7 heteroatoms. The summed E-state index contributed by atoms with van der Waals surface area (Å²) in [5.74, 6) is -0.103. The van der Waals surface area contributed by atoms with Gasteiger partial charge in [-0.2, -0.15) is 5.10 Å². The minimum Gasteiger partial charge on any atom is -0.383 e. The number of aromatic nitrogens is 3. The molecule has 3 rings (SSSR count). The average molecular weight is 344 g/mol. The van der Waals surface area contributed by atoms with Crippen molar-refractivity contribution >= 4 is 32.6 Å². The van der Waals surface area contributed by atoms with Gasteiger partial charge in [0.15, 0.2) is 5.13 Å². The maximum atomic E-state index is 13.1. The van der Waals surface area contributed by atoms with E-state index >= 15 is 0 Å². The van der Waals surface area contributed by atoms with E-state index < -0.39 is 0 Å². The fraction of sp³-hybridized carbons (Fsp3) is 0.353. The second-order valence-corrected chi connectivity index (χ2v) is 6.41. The smallest absolute Gasteiger partial charge is 0.278 e. The van der Waals surface area contributed by atoms with E-state index in [0.29, 0.717) is 30.5 Å². The third kappa shape index (κ3) is 3.18. The molecule has 0 aliphatic heterocycles. The number of fused-ring (bicyclic) bond motifs is 1. The number of hydrogen-bond donors (Lipinski definition) is 0. The van der Waals surface area contributed by atoms with Crippen molar-refractivity contribution in [2.24, 2.45) is 0 Å². The molecule has 0 saturated heterocycles. The van der Waals surface area contributed by atoms with Gasteiger partial charge in [-0.05, 0) is 32.0 Å². The van der Waals surface area contributed by atoms with Gasteiger partial charge in [0.05, 0.1) is 29.1 Å². The largest absolute Gasteiger partial charge is 0.383 e. The Morgan fingerprint density at radius 2 is 2.17 bits per heavy atom. The molecule has 0 atom stereocenters. The Balaban J connectivity index is 2.00. The number of rotatable bonds is 6. The van der Waals surface area contributed by atoms with Crippen LogP contribution >= 0.6 is 11.3 Å². The highest BCUT2D eigenvalue weighted by molar-refractivity contribution is 7.22. The van der Waals surface area contributed by atoms with Crippen LogP contribution in [-0.2, 0) is 11.3 Å². The quantitative estimate of drug-likeness (QED) is 0.689. The van der Waals surface area contributed by atoms with Crippen LogP contribution in [0.3, 0.4) is 0 Å². The summed E-state index contributed by atoms with van der Waals surface area (Å²) in [6.07, 6.45) is 0. The van der Waals surface area contributed by atoms with Crippen LogP contribution in [0.5, 0.6) is 0 Å². The highest BCUT2D eigenvalue weighted by Crippen LogP contribution is 2.29. The Morgan fingerprint density at radius 1 is 1.38 bits per heavy atom. The number of para-hydroxylation sites is 1. The van der Waals surface area contributed by atoms with Gasteiger partial charge in [0.2, 0.25) is 0 Å². The monoisotopic (exact) mass is 344 g/mol. The molecule has 0 aliphatic carbocycles. The molecule has 2 heterocycles. The third-order valence-electron chi connectivity index (χ3n) is 3.70. The SMILES string of the molecule is CCn1nc(C)cc1C(=O)N(CCOC)c1nc2ccccc2s1. The first-order valence-electron chi connectivity index (χ1n) is 7.85. The maximum absolute atomic E-state index is 13.1. The van der Waals surface area contributed by atoms with Gasteiger partial charge in [0.1, 0.15) is 5.69 Å². The number of ether oxygens (including phenoxy) is 1. The number of hydrogen-bond acceptors (Lipinski definition) is 5. The van der Waals surface area contributed by atoms with E-state index in [4.69, 9.17) is 4.74 Å². The van der Waals surface area contributed by atoms with E-state index in [1.54, 1.807) is 16.7 Å². The molecule has 24 heavy (non-hydrogen) atoms. The summed E-state index contributed by atoms with van der Waals surface area (Å²) in [5, 5.41) is 5.05. The van der Waals surface area contributed by atoms with Crippen molar-refractivity contribution in [2.45, 2.75) is 20.4 Å². The van der Waals surface area contributed by atoms with Crippen molar-refractivity contribution in [1.29, 1.82) is 0 Å². The van der Waals surface area contributed by atoms with Crippen LogP contribution in [0.15, 0.2) is 30.3 Å². The van der Waals surface area contributed by atoms with Crippen molar-refractivity contribution in [2.75, 3.05) is 25.2 Å². The van der Waals surface area contributed by atoms with Crippen LogP contribution in [0.1, 0.15) is 23.1 Å². The lowest BCUT2D eigenvalue weighted by atomic mass is 10.3. The first-order valence-corrected chi connectivity index (χ1v) is 8.66. The number of aryl methyl sites for hydroxylation is 2. The molecule has 6 nitrogen and oxygen atoms in total. The predicted molar refractivity (Wildman–Crippen MR) is 95.8 cm³/mol. The summed E-state index contributed by atoms with van der Waals surface area (Å²) in [5.41, 5.74) is 2.30. The van der Waals surface area contributed by atoms with Crippen LogP contribution in [0.25, 0.3) is 10.2 Å². The number of thiazole rings is 1. The van der Waals surface area contributed by atoms with Gasteiger partial charge < -0.3 is 4.74 Å². The summed E-state index contributed by atoms with van der Waals surface area (Å²) in [6.45, 7) is 5.40. The summed E-state index contributed by atoms with van der Waals surface area (Å²) in [7, 11) is 1.63. The highest BCUT2D eigenvalue weighted by atomic mass is 32.1. The number of methoxy groups -OCH3 is 1. The molecule has 0 radical (unpaired) electrons. The molecule has 2 aromatic heterocycles. The van der Waals surface area contributed by atoms with Gasteiger partial charge in [-0.3, -0.25) is 14.4 Å². The minimum atomic E-state index is -0.103. The number of carbonyl (C=O) groups is 1. The Labute approximate surface area is 144 Å². The van der Waals surface area contributed by atoms with Crippen molar-refractivity contribution in [3.05, 3.63) is 41.7 Å². The maximum Gasteiger partial charge on any atom is 0.278 e. The molecule has 1 aromatic carbocycles. The van der Waals surface area contributed by atoms with E-state index in [9.17, 15) is 4.79 Å². The van der Waals surface area contributed by atoms with Gasteiger partial charge >= 0.3 is 0 Å². The molecule has 0 saturated carbocycles. The molecule has 0 aliphatic rings. The van der Waals surface area contributed by atoms with Gasteiger partial charge in [0, 0.05) is 13.7 Å². The summed E-state index contributed by atoms with van der Waals surface area (Å²) < 4.78 is 7.96. The second-order valence-electron chi connectivity index (χ2n) is 5.40. The molecular formula is C17H20N4O2S. The third-order valence-corrected chi connectivity index (χ3v) is 4.76. The second kappa shape index (κ2) is 7.11. The van der Waals surface area contributed by atoms with E-state index in [2.05, 4.69) is 10.1 Å². The molecule has 3 aromatic rings. The summed E-state index contributed by atoms with van der Waals surface area (Å²) >= 11 is 1.51. The first kappa shape index (κ1) is 16.6. The summed E-state index contributed by atoms with van der Waals surface area (Å²) in [6, 6.07) is 9.70. The lowest BCUT2D eigenvalue weighted by molar-refractivity contribution is 0.0965. The van der Waals surface area contributed by atoms with E-state index in [0.717, 1.165) is 15.9 Å². The molecule has 1 amide bonds. The van der Waals surface area contributed by atoms with Crippen LogP contribution < -0.4 is 4.90 Å². The zero-order valence-corrected chi connectivity index (χ0v) is 14.8. The van der Waals surface area contributed by atoms with Crippen molar-refractivity contribution in [3.8, 4) is 0 Å². The van der Waals surface area contributed by atoms with Gasteiger partial charge in [-0.25, -0.2) is 4.98 Å². The number of amides is 1. The van der Waals surface area contributed by atoms with E-state index in [1.165, 1.54) is 11.3 Å². The molecule has 0 spiro atoms. The fourth-order valence-electron chi connectivity index (χ4n) is 2.54. The zero-order valence-electron chi connectivity index (χ0n) is 14.0. The fourth-order valence-corrected chi connectivity index (χ4v) is 3.53. The Kier molecular flexibility index (Phi) is 4.92. The molecule has 0 N–H and O–H groups in total. The minimum absolute atomic E-state index is 0.103. The van der Waals surface area contributed by atoms with Crippen LogP contribution in [0.2, 0.25) is 0 Å². The number of carbonyl (C=O) groups excluding carboxylic acids is 1. The number of benzene rings is 1. The van der Waals surface area contributed by atoms with Crippen LogP contribution in [0, 0.1) is 6.92 Å². The highest BCUT2D eigenvalue weighted by Gasteiger charge is 2.24. The normalized spacial score (nSPS) is 11.1. The Bertz CT molecular complexity index is 822. The first-order chi connectivity index (χ1) is 11.6. The molecule has 0 bridgehead atoms. The van der Waals surface area contributed by atoms with Crippen molar-refractivity contribution in [1.82, 2.24) is 14.8 Å². The Morgan fingerprint density at radius 3 is 2.88 bits per heavy atom. The lowest BCUT2D eigenvalue weighted by Crippen LogP contribution is -2.35. The van der Waals surface area contributed by atoms with Gasteiger partial charge in [0.25, 0.3) is 5.91 Å². The van der Waals surface area contributed by atoms with E-state index in [1.807, 2.05) is 44.2 Å². The molecule has 0 fully saturated rings.